The summed E-state index contributed by atoms with van der Waals surface area (Å²) < 4.78 is 12.1. The number of allylic oxidation sites excluding steroid dienone is 1. The molecule has 0 saturated heterocycles. The summed E-state index contributed by atoms with van der Waals surface area (Å²) in [5.41, 5.74) is 4.49. The van der Waals surface area contributed by atoms with Crippen molar-refractivity contribution in [2.24, 2.45) is 0 Å². The van der Waals surface area contributed by atoms with Crippen LogP contribution in [0.4, 0.5) is 11.4 Å². The quantitative estimate of drug-likeness (QED) is 0.419. The predicted molar refractivity (Wildman–Crippen MR) is 132 cm³/mol. The number of ketones is 1. The fraction of sp³-hybridized carbons (Fsp3) is 0.240. The third-order valence-corrected chi connectivity index (χ3v) is 7.72. The topological polar surface area (TPSA) is 59.6 Å². The normalized spacial score (nSPS) is 19.9. The number of nitrogens with one attached hydrogen (secondary N) is 2. The maximum Gasteiger partial charge on any atom is 0.163 e. The lowest BCUT2D eigenvalue weighted by Gasteiger charge is -2.30. The number of thiophene rings is 1. The highest BCUT2D eigenvalue weighted by Gasteiger charge is 2.37. The number of Topliss-reactive ketones (excluding diaryl/α,β-unsaturated/α-hetero) is 1. The maximum absolute atomic E-state index is 13.6. The van der Waals surface area contributed by atoms with Crippen molar-refractivity contribution < 1.29 is 14.3 Å². The van der Waals surface area contributed by atoms with Gasteiger partial charge in [0.15, 0.2) is 5.78 Å². The van der Waals surface area contributed by atoms with E-state index in [0.717, 1.165) is 39.1 Å². The molecule has 0 spiro atoms. The van der Waals surface area contributed by atoms with Crippen LogP contribution in [0.15, 0.2) is 69.7 Å². The summed E-state index contributed by atoms with van der Waals surface area (Å²) in [6, 6.07) is 15.7. The minimum absolute atomic E-state index is 0.145. The monoisotopic (exact) mass is 510 g/mol. The lowest BCUT2D eigenvalue weighted by atomic mass is 9.80. The first-order valence-electron chi connectivity index (χ1n) is 10.4. The molecule has 164 valence electrons. The Hall–Kier alpha value is -2.77. The number of carbonyl (C=O) groups excluding carboxylic acids is 1. The number of rotatable bonds is 4. The average Bonchev–Trinajstić information content (AvgIpc) is 3.28. The number of carbonyl (C=O) groups is 1. The van der Waals surface area contributed by atoms with Crippen molar-refractivity contribution in [3.63, 3.8) is 0 Å². The summed E-state index contributed by atoms with van der Waals surface area (Å²) in [6.07, 6.45) is 1.27. The molecule has 5 rings (SSSR count). The van der Waals surface area contributed by atoms with Gasteiger partial charge >= 0.3 is 0 Å². The molecule has 32 heavy (non-hydrogen) atoms. The smallest absolute Gasteiger partial charge is 0.163 e. The number of hydrogen-bond donors (Lipinski definition) is 2. The second kappa shape index (κ2) is 8.64. The highest BCUT2D eigenvalue weighted by atomic mass is 79.9. The van der Waals surface area contributed by atoms with Gasteiger partial charge in [0, 0.05) is 34.0 Å². The van der Waals surface area contributed by atoms with Crippen molar-refractivity contribution >= 4 is 44.4 Å². The van der Waals surface area contributed by atoms with E-state index in [1.54, 1.807) is 25.6 Å². The number of hydrogen-bond acceptors (Lipinski definition) is 6. The van der Waals surface area contributed by atoms with Crippen molar-refractivity contribution in [2.45, 2.75) is 24.8 Å². The highest BCUT2D eigenvalue weighted by Crippen LogP contribution is 2.47. The van der Waals surface area contributed by atoms with Crippen LogP contribution in [0.2, 0.25) is 0 Å². The van der Waals surface area contributed by atoms with E-state index in [9.17, 15) is 4.79 Å². The molecule has 0 fully saturated rings. The molecule has 0 amide bonds. The number of methoxy groups -OCH3 is 2. The Morgan fingerprint density at radius 2 is 1.78 bits per heavy atom. The Kier molecular flexibility index (Phi) is 5.69. The van der Waals surface area contributed by atoms with Gasteiger partial charge in [-0.05, 0) is 58.1 Å². The first-order chi connectivity index (χ1) is 15.6. The third kappa shape index (κ3) is 3.69. The van der Waals surface area contributed by atoms with Crippen molar-refractivity contribution in [3.05, 3.63) is 80.1 Å². The van der Waals surface area contributed by atoms with Crippen LogP contribution in [-0.4, -0.2) is 20.0 Å². The number of fused-ring (bicyclic) bond motifs is 1. The molecular formula is C25H23BrN2O3S. The summed E-state index contributed by atoms with van der Waals surface area (Å²) in [5.74, 6) is 1.71. The molecule has 2 N–H and O–H groups in total. The van der Waals surface area contributed by atoms with Crippen molar-refractivity contribution in [2.75, 3.05) is 24.9 Å². The molecule has 2 atom stereocenters. The largest absolute Gasteiger partial charge is 0.496 e. The molecule has 0 radical (unpaired) electrons. The zero-order chi connectivity index (χ0) is 22.2. The minimum atomic E-state index is -0.366. The van der Waals surface area contributed by atoms with Crippen LogP contribution >= 0.6 is 27.3 Å². The molecule has 5 nitrogen and oxygen atoms in total. The Bertz CT molecular complexity index is 1210. The van der Waals surface area contributed by atoms with Gasteiger partial charge < -0.3 is 20.1 Å². The van der Waals surface area contributed by atoms with Gasteiger partial charge in [0.2, 0.25) is 0 Å². The fourth-order valence-electron chi connectivity index (χ4n) is 4.56. The molecule has 1 aromatic heterocycles. The van der Waals surface area contributed by atoms with Gasteiger partial charge in [0.25, 0.3) is 0 Å². The molecule has 1 aliphatic heterocycles. The summed E-state index contributed by atoms with van der Waals surface area (Å²) in [4.78, 5) is 14.9. The van der Waals surface area contributed by atoms with Crippen LogP contribution in [0.3, 0.4) is 0 Å². The van der Waals surface area contributed by atoms with E-state index in [2.05, 4.69) is 38.0 Å². The number of anilines is 2. The summed E-state index contributed by atoms with van der Waals surface area (Å²) in [7, 11) is 3.28. The lowest BCUT2D eigenvalue weighted by Crippen LogP contribution is -2.27. The van der Waals surface area contributed by atoms with Gasteiger partial charge in [0.1, 0.15) is 11.5 Å². The first kappa shape index (κ1) is 21.1. The van der Waals surface area contributed by atoms with Crippen LogP contribution in [0.25, 0.3) is 0 Å². The van der Waals surface area contributed by atoms with Crippen LogP contribution in [-0.2, 0) is 4.79 Å². The highest BCUT2D eigenvalue weighted by molar-refractivity contribution is 9.10. The second-order valence-electron chi connectivity index (χ2n) is 7.91. The average molecular weight is 511 g/mol. The second-order valence-corrected chi connectivity index (χ2v) is 9.75. The summed E-state index contributed by atoms with van der Waals surface area (Å²) in [6.45, 7) is 0. The molecule has 2 aromatic carbocycles. The van der Waals surface area contributed by atoms with Crippen molar-refractivity contribution in [1.82, 2.24) is 0 Å². The number of halogens is 1. The summed E-state index contributed by atoms with van der Waals surface area (Å²) in [5, 5.41) is 9.26. The Labute approximate surface area is 199 Å². The molecule has 1 aliphatic carbocycles. The van der Waals surface area contributed by atoms with E-state index in [0.29, 0.717) is 17.9 Å². The Balaban J connectivity index is 1.68. The van der Waals surface area contributed by atoms with Crippen LogP contribution < -0.4 is 20.1 Å². The van der Waals surface area contributed by atoms with E-state index in [4.69, 9.17) is 9.47 Å². The molecule has 2 heterocycles. The molecular weight excluding hydrogens is 488 g/mol. The maximum atomic E-state index is 13.6. The van der Waals surface area contributed by atoms with Gasteiger partial charge in [-0.25, -0.2) is 0 Å². The number of benzene rings is 2. The van der Waals surface area contributed by atoms with E-state index in [-0.39, 0.29) is 17.7 Å². The van der Waals surface area contributed by atoms with Gasteiger partial charge in [-0.3, -0.25) is 4.79 Å². The third-order valence-electron chi connectivity index (χ3n) is 6.07. The van der Waals surface area contributed by atoms with Crippen LogP contribution in [0.1, 0.15) is 35.2 Å². The molecule has 0 saturated carbocycles. The van der Waals surface area contributed by atoms with E-state index < -0.39 is 0 Å². The van der Waals surface area contributed by atoms with Crippen molar-refractivity contribution in [1.29, 1.82) is 0 Å². The Morgan fingerprint density at radius 3 is 2.50 bits per heavy atom. The molecule has 3 aromatic rings. The van der Waals surface area contributed by atoms with Gasteiger partial charge in [-0.2, -0.15) is 0 Å². The zero-order valence-electron chi connectivity index (χ0n) is 17.8. The molecule has 0 bridgehead atoms. The first-order valence-corrected chi connectivity index (χ1v) is 12.1. The molecule has 2 aliphatic rings. The molecule has 2 unspecified atom stereocenters. The lowest BCUT2D eigenvalue weighted by molar-refractivity contribution is -0.116. The van der Waals surface area contributed by atoms with Gasteiger partial charge in [-0.1, -0.05) is 18.2 Å². The molecule has 7 heteroatoms. The fourth-order valence-corrected chi connectivity index (χ4v) is 5.87. The van der Waals surface area contributed by atoms with Gasteiger partial charge in [-0.15, -0.1) is 11.3 Å². The predicted octanol–water partition coefficient (Wildman–Crippen LogP) is 6.51. The Morgan fingerprint density at radius 1 is 1.00 bits per heavy atom. The van der Waals surface area contributed by atoms with Crippen LogP contribution in [0, 0.1) is 0 Å². The van der Waals surface area contributed by atoms with E-state index in [1.807, 2.05) is 42.5 Å². The standard InChI is InChI=1S/C25H23BrN2O3S/c1-30-21-13-16(26)22(31-2)12-15(21)25-24-19(27-17-6-3-4-7-18(17)28-25)10-14(11-20(24)29)23-8-5-9-32-23/h3-9,12-14,25,27-28H,10-11H2,1-2H3. The zero-order valence-corrected chi connectivity index (χ0v) is 20.2. The number of para-hydroxylation sites is 2. The summed E-state index contributed by atoms with van der Waals surface area (Å²) >= 11 is 5.25. The van der Waals surface area contributed by atoms with Crippen LogP contribution in [0.5, 0.6) is 11.5 Å². The van der Waals surface area contributed by atoms with E-state index >= 15 is 0 Å². The SMILES string of the molecule is COc1cc(C2Nc3ccccc3NC3=C2C(=O)CC(c2cccs2)C3)c(OC)cc1Br. The van der Waals surface area contributed by atoms with E-state index in [1.165, 1.54) is 4.88 Å². The van der Waals surface area contributed by atoms with Crippen molar-refractivity contribution in [3.8, 4) is 11.5 Å². The van der Waals surface area contributed by atoms with Gasteiger partial charge in [0.05, 0.1) is 36.1 Å². The minimum Gasteiger partial charge on any atom is -0.496 e. The number of ether oxygens (including phenoxy) is 2.